The number of carboxylic acids is 1. The number of carbonyl (C=O) groups is 1. The Morgan fingerprint density at radius 3 is 2.95 bits per heavy atom. The van der Waals surface area contributed by atoms with Crippen LogP contribution in [0.2, 0.25) is 5.02 Å². The normalized spacial score (nSPS) is 10.4. The van der Waals surface area contributed by atoms with Gasteiger partial charge in [0, 0.05) is 21.7 Å². The maximum Gasteiger partial charge on any atom is 0.358 e. The highest BCUT2D eigenvalue weighted by atomic mass is 79.9. The molecule has 19 heavy (non-hydrogen) atoms. The number of aromatic nitrogens is 3. The largest absolute Gasteiger partial charge is 0.476 e. The highest BCUT2D eigenvalue weighted by molar-refractivity contribution is 9.10. The Kier molecular flexibility index (Phi) is 4.39. The van der Waals surface area contributed by atoms with Crippen molar-refractivity contribution in [3.8, 4) is 0 Å². The molecule has 2 rings (SSSR count). The van der Waals surface area contributed by atoms with Crippen molar-refractivity contribution >= 4 is 39.2 Å². The Labute approximate surface area is 122 Å². The number of nitrogens with one attached hydrogen (secondary N) is 1. The van der Waals surface area contributed by atoms with Crippen LogP contribution in [0.3, 0.4) is 0 Å². The summed E-state index contributed by atoms with van der Waals surface area (Å²) < 4.78 is 2.34. The lowest BCUT2D eigenvalue weighted by molar-refractivity contribution is 0.0690. The molecule has 0 spiro atoms. The van der Waals surface area contributed by atoms with Gasteiger partial charge in [-0.05, 0) is 34.1 Å². The number of nitrogens with zero attached hydrogens (tertiary/aromatic N) is 3. The molecule has 0 fully saturated rings. The van der Waals surface area contributed by atoms with E-state index in [0.717, 1.165) is 10.2 Å². The molecule has 0 unspecified atom stereocenters. The predicted octanol–water partition coefficient (Wildman–Crippen LogP) is 2.50. The van der Waals surface area contributed by atoms with Gasteiger partial charge in [-0.15, -0.1) is 5.10 Å². The quantitative estimate of drug-likeness (QED) is 0.870. The zero-order valence-electron chi connectivity index (χ0n) is 9.68. The number of anilines is 1. The number of halogens is 2. The average Bonchev–Trinajstić information content (AvgIpc) is 2.81. The summed E-state index contributed by atoms with van der Waals surface area (Å²) in [6.07, 6.45) is 1.39. The number of hydrogen-bond donors (Lipinski definition) is 2. The Morgan fingerprint density at radius 2 is 2.32 bits per heavy atom. The second kappa shape index (κ2) is 6.03. The smallest absolute Gasteiger partial charge is 0.358 e. The molecule has 0 saturated carbocycles. The van der Waals surface area contributed by atoms with Gasteiger partial charge in [0.05, 0.1) is 12.7 Å². The van der Waals surface area contributed by atoms with Crippen molar-refractivity contribution in [3.05, 3.63) is 39.6 Å². The first-order chi connectivity index (χ1) is 9.06. The van der Waals surface area contributed by atoms with Crippen molar-refractivity contribution in [2.75, 3.05) is 11.9 Å². The summed E-state index contributed by atoms with van der Waals surface area (Å²) in [7, 11) is 0. The number of carboxylic acid groups (broad SMARTS) is 1. The molecule has 1 heterocycles. The maximum absolute atomic E-state index is 10.6. The van der Waals surface area contributed by atoms with Crippen molar-refractivity contribution in [2.24, 2.45) is 0 Å². The molecular weight excluding hydrogens is 336 g/mol. The summed E-state index contributed by atoms with van der Waals surface area (Å²) in [6.45, 7) is 1.10. The van der Waals surface area contributed by atoms with E-state index < -0.39 is 5.97 Å². The molecule has 1 aromatic heterocycles. The summed E-state index contributed by atoms with van der Waals surface area (Å²) >= 11 is 9.24. The minimum Gasteiger partial charge on any atom is -0.476 e. The molecule has 0 amide bonds. The third-order valence-electron chi connectivity index (χ3n) is 2.35. The summed E-state index contributed by atoms with van der Waals surface area (Å²) in [5.74, 6) is -1.08. The van der Waals surface area contributed by atoms with Crippen LogP contribution in [0.1, 0.15) is 10.5 Å². The Hall–Kier alpha value is -1.60. The molecule has 0 aliphatic carbocycles. The molecule has 2 N–H and O–H groups in total. The lowest BCUT2D eigenvalue weighted by Crippen LogP contribution is -2.11. The summed E-state index contributed by atoms with van der Waals surface area (Å²) in [6, 6.07) is 5.44. The highest BCUT2D eigenvalue weighted by Crippen LogP contribution is 2.25. The monoisotopic (exact) mass is 344 g/mol. The first-order valence-electron chi connectivity index (χ1n) is 5.38. The molecule has 0 aliphatic heterocycles. The van der Waals surface area contributed by atoms with E-state index in [1.54, 1.807) is 12.1 Å². The molecule has 6 nitrogen and oxygen atoms in total. The lowest BCUT2D eigenvalue weighted by Gasteiger charge is -2.08. The SMILES string of the molecule is O=C(O)c1cn(CCNc2ccc(Cl)cc2Br)nn1. The fourth-order valence-electron chi connectivity index (χ4n) is 1.44. The summed E-state index contributed by atoms with van der Waals surface area (Å²) in [4.78, 5) is 10.6. The van der Waals surface area contributed by atoms with E-state index in [9.17, 15) is 4.79 Å². The second-order valence-corrected chi connectivity index (χ2v) is 5.01. The van der Waals surface area contributed by atoms with E-state index in [2.05, 4.69) is 31.6 Å². The van der Waals surface area contributed by atoms with Gasteiger partial charge in [-0.2, -0.15) is 0 Å². The number of hydrogen-bond acceptors (Lipinski definition) is 4. The summed E-state index contributed by atoms with van der Waals surface area (Å²) in [5, 5.41) is 19.8. The molecule has 0 atom stereocenters. The van der Waals surface area contributed by atoms with Gasteiger partial charge in [-0.25, -0.2) is 9.48 Å². The van der Waals surface area contributed by atoms with Gasteiger partial charge in [0.15, 0.2) is 5.69 Å². The van der Waals surface area contributed by atoms with Gasteiger partial charge < -0.3 is 10.4 Å². The van der Waals surface area contributed by atoms with Crippen LogP contribution in [-0.4, -0.2) is 32.6 Å². The van der Waals surface area contributed by atoms with Crippen LogP contribution in [0.25, 0.3) is 0 Å². The fourth-order valence-corrected chi connectivity index (χ4v) is 2.27. The molecule has 8 heteroatoms. The van der Waals surface area contributed by atoms with Crippen LogP contribution >= 0.6 is 27.5 Å². The average molecular weight is 346 g/mol. The van der Waals surface area contributed by atoms with Crippen LogP contribution in [0.4, 0.5) is 5.69 Å². The Balaban J connectivity index is 1.90. The predicted molar refractivity (Wildman–Crippen MR) is 74.6 cm³/mol. The molecule has 2 aromatic rings. The van der Waals surface area contributed by atoms with Crippen molar-refractivity contribution in [1.82, 2.24) is 15.0 Å². The van der Waals surface area contributed by atoms with Gasteiger partial charge >= 0.3 is 5.97 Å². The molecule has 100 valence electrons. The Morgan fingerprint density at radius 1 is 1.53 bits per heavy atom. The summed E-state index contributed by atoms with van der Waals surface area (Å²) in [5.41, 5.74) is 0.843. The van der Waals surface area contributed by atoms with E-state index in [4.69, 9.17) is 16.7 Å². The molecule has 0 radical (unpaired) electrons. The van der Waals surface area contributed by atoms with E-state index in [-0.39, 0.29) is 5.69 Å². The zero-order chi connectivity index (χ0) is 13.8. The van der Waals surface area contributed by atoms with Crippen molar-refractivity contribution in [2.45, 2.75) is 6.54 Å². The second-order valence-electron chi connectivity index (χ2n) is 3.72. The Bertz CT molecular complexity index is 602. The first kappa shape index (κ1) is 13.8. The van der Waals surface area contributed by atoms with Gasteiger partial charge in [-0.3, -0.25) is 0 Å². The van der Waals surface area contributed by atoms with Gasteiger partial charge in [-0.1, -0.05) is 16.8 Å². The van der Waals surface area contributed by atoms with Crippen LogP contribution in [0.5, 0.6) is 0 Å². The lowest BCUT2D eigenvalue weighted by atomic mass is 10.3. The molecule has 0 saturated heterocycles. The first-order valence-corrected chi connectivity index (χ1v) is 6.55. The van der Waals surface area contributed by atoms with E-state index in [0.29, 0.717) is 18.1 Å². The molecular formula is C11H10BrClN4O2. The molecule has 0 aliphatic rings. The van der Waals surface area contributed by atoms with Gasteiger partial charge in [0.2, 0.25) is 0 Å². The number of rotatable bonds is 5. The minimum absolute atomic E-state index is 0.0623. The van der Waals surface area contributed by atoms with Crippen LogP contribution in [0.15, 0.2) is 28.9 Å². The third kappa shape index (κ3) is 3.68. The number of aromatic carboxylic acids is 1. The van der Waals surface area contributed by atoms with Crippen molar-refractivity contribution < 1.29 is 9.90 Å². The fraction of sp³-hybridized carbons (Fsp3) is 0.182. The van der Waals surface area contributed by atoms with Crippen LogP contribution in [-0.2, 0) is 6.54 Å². The van der Waals surface area contributed by atoms with Crippen LogP contribution in [0, 0.1) is 0 Å². The number of benzene rings is 1. The van der Waals surface area contributed by atoms with E-state index in [1.165, 1.54) is 10.9 Å². The third-order valence-corrected chi connectivity index (χ3v) is 3.24. The zero-order valence-corrected chi connectivity index (χ0v) is 12.0. The topological polar surface area (TPSA) is 80.0 Å². The minimum atomic E-state index is -1.08. The van der Waals surface area contributed by atoms with Gasteiger partial charge in [0.25, 0.3) is 0 Å². The standard InChI is InChI=1S/C11H10BrClN4O2/c12-8-5-7(13)1-2-9(8)14-3-4-17-6-10(11(18)19)15-16-17/h1-2,5-6,14H,3-4H2,(H,18,19). The van der Waals surface area contributed by atoms with Crippen LogP contribution < -0.4 is 5.32 Å². The van der Waals surface area contributed by atoms with Gasteiger partial charge in [0.1, 0.15) is 0 Å². The van der Waals surface area contributed by atoms with E-state index in [1.807, 2.05) is 6.07 Å². The van der Waals surface area contributed by atoms with Crippen molar-refractivity contribution in [3.63, 3.8) is 0 Å². The van der Waals surface area contributed by atoms with Crippen molar-refractivity contribution in [1.29, 1.82) is 0 Å². The molecule has 0 bridgehead atoms. The maximum atomic E-state index is 10.6. The highest BCUT2D eigenvalue weighted by Gasteiger charge is 2.07. The molecule has 1 aromatic carbocycles. The van der Waals surface area contributed by atoms with E-state index >= 15 is 0 Å².